The molecular weight excluding hydrogens is 355 g/mol. The van der Waals surface area contributed by atoms with Crippen molar-refractivity contribution in [2.45, 2.75) is 6.54 Å². The normalized spacial score (nSPS) is 10.2. The van der Waals surface area contributed by atoms with Crippen LogP contribution in [0.2, 0.25) is 0 Å². The van der Waals surface area contributed by atoms with Gasteiger partial charge in [-0.3, -0.25) is 4.79 Å². The van der Waals surface area contributed by atoms with E-state index in [2.05, 4.69) is 27.9 Å². The molecule has 0 fully saturated rings. The van der Waals surface area contributed by atoms with Crippen LogP contribution in [0.3, 0.4) is 0 Å². The van der Waals surface area contributed by atoms with E-state index >= 15 is 0 Å². The predicted octanol–water partition coefficient (Wildman–Crippen LogP) is 2.71. The molecule has 0 atom stereocenters. The molecule has 0 bridgehead atoms. The number of carbonyl (C=O) groups excluding carboxylic acids is 1. The van der Waals surface area contributed by atoms with Gasteiger partial charge in [-0.2, -0.15) is 0 Å². The Morgan fingerprint density at radius 3 is 2.74 bits per heavy atom. The Morgan fingerprint density at radius 1 is 1.26 bits per heavy atom. The number of hydrogen-bond acceptors (Lipinski definition) is 3. The molecule has 4 nitrogen and oxygen atoms in total. The van der Waals surface area contributed by atoms with Crippen LogP contribution in [-0.2, 0) is 6.54 Å². The van der Waals surface area contributed by atoms with Crippen molar-refractivity contribution in [1.82, 2.24) is 0 Å². The lowest BCUT2D eigenvalue weighted by Crippen LogP contribution is -2.14. The number of carbonyl (C=O) groups is 1. The van der Waals surface area contributed by atoms with E-state index in [1.807, 2.05) is 18.2 Å². The summed E-state index contributed by atoms with van der Waals surface area (Å²) in [5, 5.41) is 12.5. The van der Waals surface area contributed by atoms with E-state index < -0.39 is 0 Å². The zero-order valence-electron chi connectivity index (χ0n) is 10.1. The minimum atomic E-state index is -0.350. The van der Waals surface area contributed by atoms with Crippen molar-refractivity contribution in [3.63, 3.8) is 0 Å². The Morgan fingerprint density at radius 2 is 2.00 bits per heavy atom. The number of hydrogen-bond donors (Lipinski definition) is 3. The monoisotopic (exact) mass is 368 g/mol. The van der Waals surface area contributed by atoms with Crippen LogP contribution < -0.4 is 11.1 Å². The summed E-state index contributed by atoms with van der Waals surface area (Å²) in [6.07, 6.45) is 0. The second-order valence-corrected chi connectivity index (χ2v) is 5.22. The number of para-hydroxylation sites is 1. The number of nitrogens with one attached hydrogen (secondary N) is 1. The molecule has 2 aromatic rings. The first-order valence-electron chi connectivity index (χ1n) is 5.69. The minimum Gasteiger partial charge on any atom is -0.507 e. The molecule has 19 heavy (non-hydrogen) atoms. The van der Waals surface area contributed by atoms with E-state index in [0.717, 1.165) is 9.13 Å². The van der Waals surface area contributed by atoms with Crippen molar-refractivity contribution in [3.8, 4) is 5.75 Å². The van der Waals surface area contributed by atoms with Gasteiger partial charge in [0, 0.05) is 15.8 Å². The predicted molar refractivity (Wildman–Crippen MR) is 83.1 cm³/mol. The highest BCUT2D eigenvalue weighted by atomic mass is 127. The van der Waals surface area contributed by atoms with Crippen molar-refractivity contribution in [1.29, 1.82) is 0 Å². The standard InChI is InChI=1S/C14H13IN2O2/c15-10-5-6-13(18)11(7-10)14(19)17-12-4-2-1-3-9(12)8-16/h1-7,18H,8,16H2,(H,17,19). The summed E-state index contributed by atoms with van der Waals surface area (Å²) in [5.74, 6) is -0.389. The Kier molecular flexibility index (Phi) is 4.39. The Bertz CT molecular complexity index is 614. The van der Waals surface area contributed by atoms with Crippen LogP contribution in [0.5, 0.6) is 5.75 Å². The van der Waals surface area contributed by atoms with Gasteiger partial charge in [-0.15, -0.1) is 0 Å². The second-order valence-electron chi connectivity index (χ2n) is 3.98. The second kappa shape index (κ2) is 6.03. The molecule has 0 aliphatic rings. The minimum absolute atomic E-state index is 0.0388. The molecule has 0 aromatic heterocycles. The van der Waals surface area contributed by atoms with Gasteiger partial charge in [0.05, 0.1) is 5.56 Å². The molecule has 5 heteroatoms. The third-order valence-corrected chi connectivity index (χ3v) is 3.36. The third-order valence-electron chi connectivity index (χ3n) is 2.69. The first-order valence-corrected chi connectivity index (χ1v) is 6.77. The van der Waals surface area contributed by atoms with Crippen molar-refractivity contribution < 1.29 is 9.90 Å². The summed E-state index contributed by atoms with van der Waals surface area (Å²) in [7, 11) is 0. The molecule has 2 aromatic carbocycles. The third kappa shape index (κ3) is 3.24. The van der Waals surface area contributed by atoms with Crippen LogP contribution in [0.1, 0.15) is 15.9 Å². The van der Waals surface area contributed by atoms with Crippen LogP contribution in [0.15, 0.2) is 42.5 Å². The highest BCUT2D eigenvalue weighted by molar-refractivity contribution is 14.1. The molecule has 1 amide bonds. The number of rotatable bonds is 3. The van der Waals surface area contributed by atoms with Crippen LogP contribution >= 0.6 is 22.6 Å². The molecule has 2 rings (SSSR count). The van der Waals surface area contributed by atoms with E-state index in [0.29, 0.717) is 12.2 Å². The number of amides is 1. The summed E-state index contributed by atoms with van der Waals surface area (Å²) < 4.78 is 0.882. The lowest BCUT2D eigenvalue weighted by Gasteiger charge is -2.10. The molecular formula is C14H13IN2O2. The SMILES string of the molecule is NCc1ccccc1NC(=O)c1cc(I)ccc1O. The van der Waals surface area contributed by atoms with Crippen molar-refractivity contribution >= 4 is 34.2 Å². The summed E-state index contributed by atoms with van der Waals surface area (Å²) in [4.78, 5) is 12.1. The fourth-order valence-corrected chi connectivity index (χ4v) is 2.19. The first-order chi connectivity index (χ1) is 9.11. The Balaban J connectivity index is 2.28. The topological polar surface area (TPSA) is 75.3 Å². The smallest absolute Gasteiger partial charge is 0.259 e. The Labute approximate surface area is 124 Å². The van der Waals surface area contributed by atoms with Crippen molar-refractivity contribution in [2.75, 3.05) is 5.32 Å². The molecule has 4 N–H and O–H groups in total. The van der Waals surface area contributed by atoms with Gasteiger partial charge in [0.15, 0.2) is 0 Å². The fraction of sp³-hybridized carbons (Fsp3) is 0.0714. The van der Waals surface area contributed by atoms with Crippen LogP contribution in [-0.4, -0.2) is 11.0 Å². The maximum atomic E-state index is 12.1. The number of nitrogens with two attached hydrogens (primary N) is 1. The molecule has 0 spiro atoms. The zero-order valence-corrected chi connectivity index (χ0v) is 12.2. The van der Waals surface area contributed by atoms with Gasteiger partial charge in [-0.05, 0) is 52.4 Å². The highest BCUT2D eigenvalue weighted by Crippen LogP contribution is 2.22. The van der Waals surface area contributed by atoms with E-state index in [9.17, 15) is 9.90 Å². The first kappa shape index (κ1) is 13.8. The number of phenolic OH excluding ortho intramolecular Hbond substituents is 1. The molecule has 0 radical (unpaired) electrons. The number of halogens is 1. The van der Waals surface area contributed by atoms with E-state index in [1.165, 1.54) is 6.07 Å². The molecule has 0 aliphatic heterocycles. The molecule has 0 unspecified atom stereocenters. The van der Waals surface area contributed by atoms with Crippen molar-refractivity contribution in [2.24, 2.45) is 5.73 Å². The van der Waals surface area contributed by atoms with Gasteiger partial charge in [0.2, 0.25) is 0 Å². The van der Waals surface area contributed by atoms with Gasteiger partial charge in [-0.1, -0.05) is 18.2 Å². The summed E-state index contributed by atoms with van der Waals surface area (Å²) in [6.45, 7) is 0.342. The quantitative estimate of drug-likeness (QED) is 0.730. The maximum Gasteiger partial charge on any atom is 0.259 e. The van der Waals surface area contributed by atoms with Gasteiger partial charge in [0.25, 0.3) is 5.91 Å². The van der Waals surface area contributed by atoms with Crippen LogP contribution in [0.4, 0.5) is 5.69 Å². The average molecular weight is 368 g/mol. The number of phenols is 1. The highest BCUT2D eigenvalue weighted by Gasteiger charge is 2.13. The number of aromatic hydroxyl groups is 1. The van der Waals surface area contributed by atoms with Gasteiger partial charge in [-0.25, -0.2) is 0 Å². The Hall–Kier alpha value is -1.60. The summed E-state index contributed by atoms with van der Waals surface area (Å²) >= 11 is 2.09. The number of benzene rings is 2. The molecule has 0 saturated carbocycles. The van der Waals surface area contributed by atoms with E-state index in [-0.39, 0.29) is 17.2 Å². The molecule has 0 heterocycles. The lowest BCUT2D eigenvalue weighted by atomic mass is 10.1. The summed E-state index contributed by atoms with van der Waals surface area (Å²) in [6, 6.07) is 12.2. The lowest BCUT2D eigenvalue weighted by molar-refractivity contribution is 0.102. The van der Waals surface area contributed by atoms with Crippen molar-refractivity contribution in [3.05, 3.63) is 57.2 Å². The van der Waals surface area contributed by atoms with Crippen LogP contribution in [0.25, 0.3) is 0 Å². The molecule has 0 aliphatic carbocycles. The fourth-order valence-electron chi connectivity index (χ4n) is 1.70. The molecule has 0 saturated heterocycles. The van der Waals surface area contributed by atoms with Gasteiger partial charge in [0.1, 0.15) is 5.75 Å². The molecule has 98 valence electrons. The zero-order chi connectivity index (χ0) is 13.8. The van der Waals surface area contributed by atoms with Gasteiger partial charge >= 0.3 is 0 Å². The van der Waals surface area contributed by atoms with Gasteiger partial charge < -0.3 is 16.2 Å². The van der Waals surface area contributed by atoms with Crippen LogP contribution in [0, 0.1) is 3.57 Å². The largest absolute Gasteiger partial charge is 0.507 e. The average Bonchev–Trinajstić information content (AvgIpc) is 2.42. The maximum absolute atomic E-state index is 12.1. The number of anilines is 1. The van der Waals surface area contributed by atoms with E-state index in [1.54, 1.807) is 18.2 Å². The summed E-state index contributed by atoms with van der Waals surface area (Å²) in [5.41, 5.74) is 7.37. The van der Waals surface area contributed by atoms with E-state index in [4.69, 9.17) is 5.73 Å².